The Hall–Kier alpha value is -13.8. The van der Waals surface area contributed by atoms with Gasteiger partial charge in [0.05, 0.1) is 0 Å². The number of halogens is 3. The van der Waals surface area contributed by atoms with Crippen molar-refractivity contribution in [1.82, 2.24) is 39.9 Å². The molecule has 0 aliphatic rings. The van der Waals surface area contributed by atoms with Crippen LogP contribution in [0.15, 0.2) is 444 Å². The van der Waals surface area contributed by atoms with Crippen molar-refractivity contribution in [3.63, 3.8) is 0 Å². The van der Waals surface area contributed by atoms with Crippen LogP contribution >= 0.6 is 0 Å². The molecule has 0 saturated carbocycles. The summed E-state index contributed by atoms with van der Waals surface area (Å²) in [4.78, 5) is 34.9. The number of aromatic nitrogens is 8. The van der Waals surface area contributed by atoms with Gasteiger partial charge in [-0.25, -0.2) is 13.2 Å². The summed E-state index contributed by atoms with van der Waals surface area (Å²) < 4.78 is 41.3. The summed E-state index contributed by atoms with van der Waals surface area (Å²) in [5, 5.41) is 0. The van der Waals surface area contributed by atoms with Crippen LogP contribution in [0.5, 0.6) is 0 Å². The summed E-state index contributed by atoms with van der Waals surface area (Å²) in [6, 6.07) is 151. The molecule has 20 aromatic rings. The second-order valence-electron chi connectivity index (χ2n) is 31.1. The molecule has 0 fully saturated rings. The molecule has 12 aromatic carbocycles. The van der Waals surface area contributed by atoms with Gasteiger partial charge in [0.15, 0.2) is 0 Å². The van der Waals surface area contributed by atoms with Gasteiger partial charge in [-0.2, -0.15) is 0 Å². The molecule has 0 atom stereocenters. The van der Waals surface area contributed by atoms with E-state index in [4.69, 9.17) is 0 Å². The predicted octanol–water partition coefficient (Wildman–Crippen LogP) is 30.7. The standard InChI is InChI=1S/C21H19FN.C20H17FN.C19H15FN.C18H14N.4C11H8N.4Ir/c1-15(2)12-19-13-17(8-10-20(19)22)18-9-11-21(23-14-18)16-6-4-3-5-7-16;1-14(2)18-12-16(8-10-19(18)21)17-9-11-20(22-13-17)15-6-4-3-5-7-15;1-2-14-12-16(8-10-18(14)20)17-9-11-19(21-13-17)15-6-4-3-5-7-15;1-14-7-5-6-10-17(14)16-11-12-18(19-13-16)15-8-3-2-4-9-15;4*1-2-6-10(7-3-1)11-8-4-5-9-12-11;;;;/h3-6,8-11,13-15H,12H2,1-2H3;3-6,8-14H,1-2H3;3-6,8-13H,2H2,1H3;2-8,10-13H,1H3;4*1-6,8-9H;;;;/q8*-1;;;;. The van der Waals surface area contributed by atoms with Crippen LogP contribution < -0.4 is 0 Å². The van der Waals surface area contributed by atoms with Gasteiger partial charge in [-0.15, -0.1) is 287 Å². The molecule has 0 aliphatic carbocycles. The maximum absolute atomic E-state index is 13.9. The summed E-state index contributed by atoms with van der Waals surface area (Å²) in [5.74, 6) is 0.151. The largest absolute Gasteiger partial charge is 0.305 e. The van der Waals surface area contributed by atoms with E-state index in [0.717, 1.165) is 152 Å². The van der Waals surface area contributed by atoms with E-state index in [2.05, 4.69) is 140 Å². The van der Waals surface area contributed by atoms with Gasteiger partial charge in [0.25, 0.3) is 0 Å². The van der Waals surface area contributed by atoms with E-state index in [0.29, 0.717) is 12.3 Å². The van der Waals surface area contributed by atoms with Gasteiger partial charge in [0, 0.05) is 130 Å². The van der Waals surface area contributed by atoms with Crippen LogP contribution in [-0.2, 0) is 93.3 Å². The Morgan fingerprint density at radius 1 is 0.241 bits per heavy atom. The number of aryl methyl sites for hydroxylation is 2. The van der Waals surface area contributed by atoms with Gasteiger partial charge in [0.1, 0.15) is 17.5 Å². The van der Waals surface area contributed by atoms with Gasteiger partial charge in [-0.05, 0) is 205 Å². The van der Waals surface area contributed by atoms with E-state index < -0.39 is 0 Å². The van der Waals surface area contributed by atoms with Crippen LogP contribution in [-0.4, -0.2) is 39.9 Å². The van der Waals surface area contributed by atoms with Crippen LogP contribution in [0.2, 0.25) is 0 Å². The van der Waals surface area contributed by atoms with Gasteiger partial charge in [-0.1, -0.05) is 174 Å². The number of hydrogen-bond acceptors (Lipinski definition) is 8. The molecule has 0 spiro atoms. The van der Waals surface area contributed by atoms with Crippen LogP contribution in [0.4, 0.5) is 13.2 Å². The Morgan fingerprint density at radius 2 is 0.489 bits per heavy atom. The Labute approximate surface area is 858 Å². The van der Waals surface area contributed by atoms with Crippen LogP contribution in [0.3, 0.4) is 0 Å². The van der Waals surface area contributed by atoms with Crippen LogP contribution in [0, 0.1) is 78.8 Å². The molecule has 8 nitrogen and oxygen atoms in total. The zero-order valence-electron chi connectivity index (χ0n) is 76.3. The fourth-order valence-electron chi connectivity index (χ4n) is 13.8. The first-order valence-corrected chi connectivity index (χ1v) is 44.0. The van der Waals surface area contributed by atoms with Gasteiger partial charge in [-0.3, -0.25) is 0 Å². The first-order valence-electron chi connectivity index (χ1n) is 44.0. The average molecular weight is 2500 g/mol. The van der Waals surface area contributed by atoms with E-state index >= 15 is 0 Å². The van der Waals surface area contributed by atoms with Gasteiger partial charge >= 0.3 is 0 Å². The third-order valence-corrected chi connectivity index (χ3v) is 20.8. The first kappa shape index (κ1) is 107. The van der Waals surface area contributed by atoms with E-state index in [-0.39, 0.29) is 104 Å². The molecule has 8 aromatic heterocycles. The zero-order chi connectivity index (χ0) is 92.4. The molecule has 0 saturated heterocycles. The molecule has 0 bridgehead atoms. The third-order valence-electron chi connectivity index (χ3n) is 20.8. The first-order chi connectivity index (χ1) is 65.3. The van der Waals surface area contributed by atoms with Gasteiger partial charge < -0.3 is 39.9 Å². The van der Waals surface area contributed by atoms with Crippen molar-refractivity contribution in [2.75, 3.05) is 0 Å². The molecule has 0 aliphatic heterocycles. The fourth-order valence-corrected chi connectivity index (χ4v) is 13.8. The Bertz CT molecular complexity index is 6330. The molecular weight excluding hydrogens is 2400 g/mol. The minimum atomic E-state index is -0.151. The quantitative estimate of drug-likeness (QED) is 0.0882. The minimum absolute atomic E-state index is 0. The number of benzene rings is 12. The third kappa shape index (κ3) is 33.3. The van der Waals surface area contributed by atoms with Crippen molar-refractivity contribution in [2.24, 2.45) is 5.92 Å². The van der Waals surface area contributed by atoms with Crippen molar-refractivity contribution in [3.05, 3.63) is 532 Å². The van der Waals surface area contributed by atoms with E-state index in [1.54, 1.807) is 43.0 Å². The van der Waals surface area contributed by atoms with Crippen molar-refractivity contribution in [1.29, 1.82) is 0 Å². The Balaban J connectivity index is 0.000000177. The number of rotatable bonds is 16. The molecule has 137 heavy (non-hydrogen) atoms. The SMILES string of the molecule is CC(C)Cc1cc(-c2ccc(-c3[c-]cccc3)nc2)ccc1F.CC(C)c1cc(-c2ccc(-c3[c-]cccc3)nc2)ccc1F.CCc1cc(-c2ccc(-c3[c-]cccc3)nc2)ccc1F.Cc1ccccc1-c1ccc(-c2[c-]cccc2)nc1.[Ir].[Ir].[Ir].[Ir].[c-]1ccccc1-c1ccccn1.[c-]1ccccc1-c1ccccn1.[c-]1ccccc1-c1ccccn1.[c-]1ccccc1-c1ccccn1. The molecule has 8 heterocycles. The topological polar surface area (TPSA) is 103 Å². The van der Waals surface area contributed by atoms with Crippen molar-refractivity contribution in [2.45, 2.75) is 60.3 Å². The van der Waals surface area contributed by atoms with Crippen LogP contribution in [0.25, 0.3) is 135 Å². The average Bonchev–Trinajstić information content (AvgIpc) is 0.818. The molecule has 0 unspecified atom stereocenters. The normalized spacial score (nSPS) is 10.0. The fraction of sp³-hybridized carbons (Fsp3) is 0.0820. The summed E-state index contributed by atoms with van der Waals surface area (Å²) in [5.41, 5.74) is 27.4. The molecular formula is C122H97F3Ir4N8-8. The van der Waals surface area contributed by atoms with Gasteiger partial charge in [0.2, 0.25) is 0 Å². The maximum Gasteiger partial charge on any atom is 0.126 e. The summed E-state index contributed by atoms with van der Waals surface area (Å²) >= 11 is 0. The minimum Gasteiger partial charge on any atom is -0.305 e. The van der Waals surface area contributed by atoms with E-state index in [9.17, 15) is 13.2 Å². The Kier molecular flexibility index (Phi) is 45.1. The molecule has 0 amide bonds. The second kappa shape index (κ2) is 57.8. The van der Waals surface area contributed by atoms with Crippen molar-refractivity contribution < 1.29 is 93.6 Å². The molecule has 15 heteroatoms. The molecule has 20 rings (SSSR count). The van der Waals surface area contributed by atoms with Crippen molar-refractivity contribution >= 4 is 0 Å². The van der Waals surface area contributed by atoms with E-state index in [1.807, 2.05) is 379 Å². The summed E-state index contributed by atoms with van der Waals surface area (Å²) in [7, 11) is 0. The van der Waals surface area contributed by atoms with Crippen molar-refractivity contribution in [3.8, 4) is 135 Å². The zero-order valence-corrected chi connectivity index (χ0v) is 85.8. The smallest absolute Gasteiger partial charge is 0.126 e. The van der Waals surface area contributed by atoms with Crippen LogP contribution in [0.1, 0.15) is 62.8 Å². The summed E-state index contributed by atoms with van der Waals surface area (Å²) in [6.45, 7) is 12.3. The van der Waals surface area contributed by atoms with E-state index in [1.165, 1.54) is 23.3 Å². The second-order valence-corrected chi connectivity index (χ2v) is 31.1. The predicted molar refractivity (Wildman–Crippen MR) is 536 cm³/mol. The number of pyridine rings is 8. The number of nitrogens with zero attached hydrogens (tertiary/aromatic N) is 8. The molecule has 690 valence electrons. The number of hydrogen-bond donors (Lipinski definition) is 0. The monoisotopic (exact) mass is 2500 g/mol. The molecule has 4 radical (unpaired) electrons. The maximum atomic E-state index is 13.9. The molecule has 0 N–H and O–H groups in total. The summed E-state index contributed by atoms with van der Waals surface area (Å²) in [6.07, 6.45) is 16.0. The Morgan fingerprint density at radius 3 is 0.737 bits per heavy atom.